The van der Waals surface area contributed by atoms with Crippen molar-refractivity contribution in [3.05, 3.63) is 0 Å². The van der Waals surface area contributed by atoms with Crippen molar-refractivity contribution in [2.24, 2.45) is 0 Å². The van der Waals surface area contributed by atoms with E-state index in [0.717, 1.165) is 26.0 Å². The lowest BCUT2D eigenvalue weighted by Gasteiger charge is -2.26. The summed E-state index contributed by atoms with van der Waals surface area (Å²) in [5.41, 5.74) is 0. The standard InChI is InChI=1S/C13H25NO2/c1-11(2)14-9-12-10-15-13(16-12)7-5-3-4-6-8-13/h11-12,14H,3-10H2,1-2H3/t12-/m1/s1. The molecule has 94 valence electrons. The lowest BCUT2D eigenvalue weighted by molar-refractivity contribution is -0.175. The number of ether oxygens (including phenoxy) is 2. The molecule has 3 heteroatoms. The molecule has 1 aliphatic heterocycles. The van der Waals surface area contributed by atoms with Gasteiger partial charge in [-0.1, -0.05) is 26.7 Å². The van der Waals surface area contributed by atoms with E-state index in [1.165, 1.54) is 25.7 Å². The highest BCUT2D eigenvalue weighted by Crippen LogP contribution is 2.36. The Bertz CT molecular complexity index is 210. The van der Waals surface area contributed by atoms with Gasteiger partial charge in [-0.05, 0) is 12.8 Å². The largest absolute Gasteiger partial charge is 0.347 e. The molecule has 1 spiro atoms. The molecule has 0 amide bonds. The molecule has 0 aromatic heterocycles. The smallest absolute Gasteiger partial charge is 0.168 e. The van der Waals surface area contributed by atoms with Crippen molar-refractivity contribution in [3.8, 4) is 0 Å². The Balaban J connectivity index is 1.80. The second-order valence-corrected chi connectivity index (χ2v) is 5.44. The second kappa shape index (κ2) is 5.48. The lowest BCUT2D eigenvalue weighted by atomic mass is 10.1. The summed E-state index contributed by atoms with van der Waals surface area (Å²) in [5.74, 6) is -0.222. The van der Waals surface area contributed by atoms with Gasteiger partial charge in [0.2, 0.25) is 0 Å². The third kappa shape index (κ3) is 3.19. The molecule has 0 aromatic rings. The first-order valence-corrected chi connectivity index (χ1v) is 6.75. The van der Waals surface area contributed by atoms with Crippen LogP contribution in [0.5, 0.6) is 0 Å². The summed E-state index contributed by atoms with van der Waals surface area (Å²) >= 11 is 0. The molecule has 1 saturated heterocycles. The summed E-state index contributed by atoms with van der Waals surface area (Å²) in [7, 11) is 0. The number of hydrogen-bond acceptors (Lipinski definition) is 3. The summed E-state index contributed by atoms with van der Waals surface area (Å²) in [6.45, 7) is 6.01. The van der Waals surface area contributed by atoms with Gasteiger partial charge < -0.3 is 14.8 Å². The topological polar surface area (TPSA) is 30.5 Å². The summed E-state index contributed by atoms with van der Waals surface area (Å²) in [5, 5.41) is 3.42. The van der Waals surface area contributed by atoms with Crippen LogP contribution in [0.25, 0.3) is 0 Å². The van der Waals surface area contributed by atoms with Gasteiger partial charge in [0.15, 0.2) is 5.79 Å². The average Bonchev–Trinajstić information content (AvgIpc) is 2.49. The Kier molecular flexibility index (Phi) is 4.22. The highest BCUT2D eigenvalue weighted by molar-refractivity contribution is 4.82. The zero-order valence-electron chi connectivity index (χ0n) is 10.6. The first kappa shape index (κ1) is 12.3. The van der Waals surface area contributed by atoms with Crippen molar-refractivity contribution < 1.29 is 9.47 Å². The Labute approximate surface area is 98.9 Å². The van der Waals surface area contributed by atoms with E-state index in [1.54, 1.807) is 0 Å². The van der Waals surface area contributed by atoms with Gasteiger partial charge >= 0.3 is 0 Å². The Morgan fingerprint density at radius 3 is 2.50 bits per heavy atom. The molecule has 1 heterocycles. The molecular formula is C13H25NO2. The van der Waals surface area contributed by atoms with Gasteiger partial charge in [0, 0.05) is 25.4 Å². The lowest BCUT2D eigenvalue weighted by Crippen LogP contribution is -2.35. The fourth-order valence-electron chi connectivity index (χ4n) is 2.61. The van der Waals surface area contributed by atoms with Gasteiger partial charge in [-0.15, -0.1) is 0 Å². The van der Waals surface area contributed by atoms with Gasteiger partial charge in [-0.2, -0.15) is 0 Å². The molecule has 0 bridgehead atoms. The van der Waals surface area contributed by atoms with Crippen molar-refractivity contribution in [2.45, 2.75) is 70.3 Å². The molecule has 0 aromatic carbocycles. The first-order valence-electron chi connectivity index (χ1n) is 6.75. The zero-order chi connectivity index (χ0) is 11.4. The minimum Gasteiger partial charge on any atom is -0.347 e. The van der Waals surface area contributed by atoms with E-state index in [4.69, 9.17) is 9.47 Å². The quantitative estimate of drug-likeness (QED) is 0.803. The monoisotopic (exact) mass is 227 g/mol. The second-order valence-electron chi connectivity index (χ2n) is 5.44. The van der Waals surface area contributed by atoms with Crippen molar-refractivity contribution in [3.63, 3.8) is 0 Å². The normalized spacial score (nSPS) is 29.8. The average molecular weight is 227 g/mol. The van der Waals surface area contributed by atoms with Gasteiger partial charge in [0.1, 0.15) is 0 Å². The summed E-state index contributed by atoms with van der Waals surface area (Å²) in [6.07, 6.45) is 7.61. The molecule has 1 saturated carbocycles. The van der Waals surface area contributed by atoms with Crippen molar-refractivity contribution >= 4 is 0 Å². The molecule has 2 aliphatic rings. The fourth-order valence-corrected chi connectivity index (χ4v) is 2.61. The van der Waals surface area contributed by atoms with E-state index in [9.17, 15) is 0 Å². The molecule has 2 fully saturated rings. The summed E-state index contributed by atoms with van der Waals surface area (Å²) < 4.78 is 12.1. The third-order valence-corrected chi connectivity index (χ3v) is 3.53. The summed E-state index contributed by atoms with van der Waals surface area (Å²) in [6, 6.07) is 0.522. The van der Waals surface area contributed by atoms with Crippen LogP contribution in [0.3, 0.4) is 0 Å². The van der Waals surface area contributed by atoms with Crippen LogP contribution >= 0.6 is 0 Å². The first-order chi connectivity index (χ1) is 7.70. The predicted molar refractivity (Wildman–Crippen MR) is 64.4 cm³/mol. The molecule has 0 radical (unpaired) electrons. The van der Waals surface area contributed by atoms with Crippen LogP contribution in [0, 0.1) is 0 Å². The highest BCUT2D eigenvalue weighted by atomic mass is 16.7. The van der Waals surface area contributed by atoms with Gasteiger partial charge in [0.05, 0.1) is 12.7 Å². The van der Waals surface area contributed by atoms with Crippen molar-refractivity contribution in [1.82, 2.24) is 5.32 Å². The minimum atomic E-state index is -0.222. The maximum Gasteiger partial charge on any atom is 0.168 e. The molecule has 1 aliphatic carbocycles. The summed E-state index contributed by atoms with van der Waals surface area (Å²) in [4.78, 5) is 0. The molecule has 1 N–H and O–H groups in total. The van der Waals surface area contributed by atoms with Crippen LogP contribution in [-0.4, -0.2) is 31.1 Å². The Morgan fingerprint density at radius 2 is 1.88 bits per heavy atom. The minimum absolute atomic E-state index is 0.222. The molecule has 3 nitrogen and oxygen atoms in total. The van der Waals surface area contributed by atoms with Crippen LogP contribution < -0.4 is 5.32 Å². The number of rotatable bonds is 3. The van der Waals surface area contributed by atoms with E-state index in [2.05, 4.69) is 19.2 Å². The Morgan fingerprint density at radius 1 is 1.19 bits per heavy atom. The van der Waals surface area contributed by atoms with Gasteiger partial charge in [0.25, 0.3) is 0 Å². The van der Waals surface area contributed by atoms with Crippen LogP contribution in [0.1, 0.15) is 52.4 Å². The molecule has 16 heavy (non-hydrogen) atoms. The highest BCUT2D eigenvalue weighted by Gasteiger charge is 2.41. The van der Waals surface area contributed by atoms with E-state index in [0.29, 0.717) is 6.04 Å². The van der Waals surface area contributed by atoms with Crippen LogP contribution in [-0.2, 0) is 9.47 Å². The maximum atomic E-state index is 6.14. The third-order valence-electron chi connectivity index (χ3n) is 3.53. The molecule has 2 rings (SSSR count). The fraction of sp³-hybridized carbons (Fsp3) is 1.00. The maximum absolute atomic E-state index is 6.14. The van der Waals surface area contributed by atoms with Gasteiger partial charge in [-0.25, -0.2) is 0 Å². The number of hydrogen-bond donors (Lipinski definition) is 1. The van der Waals surface area contributed by atoms with Gasteiger partial charge in [-0.3, -0.25) is 0 Å². The van der Waals surface area contributed by atoms with Crippen LogP contribution in [0.15, 0.2) is 0 Å². The van der Waals surface area contributed by atoms with Crippen molar-refractivity contribution in [2.75, 3.05) is 13.2 Å². The van der Waals surface area contributed by atoms with E-state index in [-0.39, 0.29) is 11.9 Å². The van der Waals surface area contributed by atoms with Crippen molar-refractivity contribution in [1.29, 1.82) is 0 Å². The molecule has 0 unspecified atom stereocenters. The van der Waals surface area contributed by atoms with Crippen LogP contribution in [0.4, 0.5) is 0 Å². The van der Waals surface area contributed by atoms with E-state index in [1.807, 2.05) is 0 Å². The van der Waals surface area contributed by atoms with E-state index >= 15 is 0 Å². The van der Waals surface area contributed by atoms with E-state index < -0.39 is 0 Å². The zero-order valence-corrected chi connectivity index (χ0v) is 10.6. The Hall–Kier alpha value is -0.120. The molecular weight excluding hydrogens is 202 g/mol. The number of nitrogens with one attached hydrogen (secondary N) is 1. The van der Waals surface area contributed by atoms with Crippen LogP contribution in [0.2, 0.25) is 0 Å². The molecule has 1 atom stereocenters. The SMILES string of the molecule is CC(C)NC[C@@H]1COC2(CCCCCC2)O1. The predicted octanol–water partition coefficient (Wildman–Crippen LogP) is 2.45.